The summed E-state index contributed by atoms with van der Waals surface area (Å²) < 4.78 is 20.0. The molecule has 0 aromatic heterocycles. The molecule has 0 aliphatic carbocycles. The van der Waals surface area contributed by atoms with E-state index in [1.807, 2.05) is 32.0 Å². The lowest BCUT2D eigenvalue weighted by Crippen LogP contribution is -2.35. The highest BCUT2D eigenvalue weighted by molar-refractivity contribution is 9.10. The molecule has 2 aromatic carbocycles. The molecule has 3 nitrogen and oxygen atoms in total. The monoisotopic (exact) mass is 449 g/mol. The number of benzene rings is 2. The smallest absolute Gasteiger partial charge is 0.239 e. The lowest BCUT2D eigenvalue weighted by atomic mass is 9.88. The van der Waals surface area contributed by atoms with Gasteiger partial charge in [0.1, 0.15) is 17.2 Å². The van der Waals surface area contributed by atoms with E-state index in [1.54, 1.807) is 26.1 Å². The Morgan fingerprint density at radius 3 is 2.52 bits per heavy atom. The number of hydrogen-bond acceptors (Lipinski definition) is 3. The zero-order valence-electron chi connectivity index (χ0n) is 15.7. The van der Waals surface area contributed by atoms with Gasteiger partial charge in [-0.25, -0.2) is 4.39 Å². The molecule has 27 heavy (non-hydrogen) atoms. The van der Waals surface area contributed by atoms with E-state index >= 15 is 0 Å². The summed E-state index contributed by atoms with van der Waals surface area (Å²) in [5.41, 5.74) is 2.34. The van der Waals surface area contributed by atoms with Crippen molar-refractivity contribution in [1.29, 1.82) is 0 Å². The first kappa shape index (κ1) is 20.0. The fourth-order valence-electron chi connectivity index (χ4n) is 3.33. The maximum atomic E-state index is 13.7. The summed E-state index contributed by atoms with van der Waals surface area (Å²) >= 11 is 8.41. The minimum Gasteiger partial charge on any atom is -0.487 e. The van der Waals surface area contributed by atoms with Gasteiger partial charge in [0.25, 0.3) is 0 Å². The number of nitrogens with zero attached hydrogens (tertiary/aromatic N) is 1. The summed E-state index contributed by atoms with van der Waals surface area (Å²) in [7, 11) is 1.66. The molecule has 0 spiro atoms. The van der Waals surface area contributed by atoms with Crippen LogP contribution in [-0.4, -0.2) is 28.4 Å². The van der Waals surface area contributed by atoms with Gasteiger partial charge in [0, 0.05) is 13.5 Å². The van der Waals surface area contributed by atoms with E-state index in [0.717, 1.165) is 23.3 Å². The van der Waals surface area contributed by atoms with Gasteiger partial charge in [-0.2, -0.15) is 0 Å². The van der Waals surface area contributed by atoms with Gasteiger partial charge in [-0.1, -0.05) is 30.4 Å². The average molecular weight is 450 g/mol. The largest absolute Gasteiger partial charge is 0.487 e. The third-order valence-corrected chi connectivity index (χ3v) is 5.63. The van der Waals surface area contributed by atoms with Crippen molar-refractivity contribution in [2.45, 2.75) is 38.7 Å². The van der Waals surface area contributed by atoms with E-state index in [0.29, 0.717) is 15.0 Å². The molecule has 1 aliphatic rings. The predicted molar refractivity (Wildman–Crippen MR) is 112 cm³/mol. The second kappa shape index (κ2) is 7.32. The van der Waals surface area contributed by atoms with Crippen LogP contribution in [0.15, 0.2) is 40.9 Å². The van der Waals surface area contributed by atoms with Crippen LogP contribution in [0.3, 0.4) is 0 Å². The Balaban J connectivity index is 2.09. The van der Waals surface area contributed by atoms with Gasteiger partial charge in [-0.3, -0.25) is 4.79 Å². The van der Waals surface area contributed by atoms with Gasteiger partial charge >= 0.3 is 0 Å². The summed E-state index contributed by atoms with van der Waals surface area (Å²) in [4.78, 5) is 15.2. The van der Waals surface area contributed by atoms with Crippen LogP contribution in [0, 0.1) is 5.82 Å². The molecule has 1 aliphatic heterocycles. The zero-order valence-corrected chi connectivity index (χ0v) is 18.1. The molecule has 1 unspecified atom stereocenters. The Morgan fingerprint density at radius 1 is 1.26 bits per heavy atom. The maximum absolute atomic E-state index is 13.7. The molecular formula is C21H21BrFNO2S. The van der Waals surface area contributed by atoms with Crippen molar-refractivity contribution in [2.75, 3.05) is 7.05 Å². The van der Waals surface area contributed by atoms with Crippen molar-refractivity contribution in [1.82, 2.24) is 4.90 Å². The Morgan fingerprint density at radius 2 is 1.89 bits per heavy atom. The highest BCUT2D eigenvalue weighted by Crippen LogP contribution is 2.38. The van der Waals surface area contributed by atoms with E-state index in [2.05, 4.69) is 15.9 Å². The van der Waals surface area contributed by atoms with Gasteiger partial charge in [0.05, 0.1) is 15.4 Å². The normalized spacial score (nSPS) is 15.6. The van der Waals surface area contributed by atoms with Gasteiger partial charge in [-0.05, 0) is 71.6 Å². The van der Waals surface area contributed by atoms with Crippen LogP contribution in [0.25, 0.3) is 0 Å². The summed E-state index contributed by atoms with van der Waals surface area (Å²) in [6.07, 6.45) is 0.770. The number of thiocarbonyl (C=S) groups is 1. The fraction of sp³-hybridized carbons (Fsp3) is 0.333. The van der Waals surface area contributed by atoms with Crippen LogP contribution in [0.1, 0.15) is 43.4 Å². The molecule has 6 heteroatoms. The first-order valence-electron chi connectivity index (χ1n) is 8.64. The van der Waals surface area contributed by atoms with Crippen LogP contribution in [-0.2, 0) is 11.2 Å². The van der Waals surface area contributed by atoms with Crippen molar-refractivity contribution < 1.29 is 13.9 Å². The Hall–Kier alpha value is -1.79. The summed E-state index contributed by atoms with van der Waals surface area (Å²) in [5.74, 6) is -0.263. The lowest BCUT2D eigenvalue weighted by Gasteiger charge is -2.24. The first-order chi connectivity index (χ1) is 12.6. The molecule has 1 amide bonds. The lowest BCUT2D eigenvalue weighted by molar-refractivity contribution is -0.127. The molecule has 0 N–H and O–H groups in total. The van der Waals surface area contributed by atoms with Crippen LogP contribution < -0.4 is 4.74 Å². The van der Waals surface area contributed by atoms with Crippen molar-refractivity contribution >= 4 is 39.0 Å². The molecule has 0 fully saturated rings. The topological polar surface area (TPSA) is 29.5 Å². The van der Waals surface area contributed by atoms with Crippen molar-refractivity contribution in [3.05, 3.63) is 63.4 Å². The average Bonchev–Trinajstić information content (AvgIpc) is 2.90. The van der Waals surface area contributed by atoms with Gasteiger partial charge in [-0.15, -0.1) is 0 Å². The second-order valence-electron chi connectivity index (χ2n) is 7.43. The van der Waals surface area contributed by atoms with Crippen molar-refractivity contribution in [3.8, 4) is 5.75 Å². The van der Waals surface area contributed by atoms with Gasteiger partial charge in [0.15, 0.2) is 0 Å². The quantitative estimate of drug-likeness (QED) is 0.600. The SMILES string of the molecule is CC(=S)N(C)C(=O)C(c1ccc(F)c(Br)c1)c1ccc2c(c1)CC(C)(C)O2. The number of rotatable bonds is 3. The molecule has 2 aromatic rings. The highest BCUT2D eigenvalue weighted by atomic mass is 79.9. The number of fused-ring (bicyclic) bond motifs is 1. The number of likely N-dealkylation sites (N-methyl/N-ethyl adjacent to an activating group) is 1. The number of amides is 1. The van der Waals surface area contributed by atoms with E-state index in [1.165, 1.54) is 11.0 Å². The Labute approximate surface area is 172 Å². The first-order valence-corrected chi connectivity index (χ1v) is 9.84. The fourth-order valence-corrected chi connectivity index (χ4v) is 3.81. The van der Waals surface area contributed by atoms with Crippen LogP contribution in [0.4, 0.5) is 4.39 Å². The molecule has 1 heterocycles. The summed E-state index contributed by atoms with van der Waals surface area (Å²) in [5, 5.41) is 0. The number of ether oxygens (including phenoxy) is 1. The summed E-state index contributed by atoms with van der Waals surface area (Å²) in [6, 6.07) is 10.5. The van der Waals surface area contributed by atoms with E-state index in [9.17, 15) is 9.18 Å². The predicted octanol–water partition coefficient (Wildman–Crippen LogP) is 5.24. The van der Waals surface area contributed by atoms with Crippen LogP contribution in [0.5, 0.6) is 5.75 Å². The molecule has 142 valence electrons. The Kier molecular flexibility index (Phi) is 5.41. The number of carbonyl (C=O) groups excluding carboxylic acids is 1. The highest BCUT2D eigenvalue weighted by Gasteiger charge is 2.33. The molecule has 0 saturated heterocycles. The molecule has 0 saturated carbocycles. The molecule has 0 radical (unpaired) electrons. The van der Waals surface area contributed by atoms with Gasteiger partial charge < -0.3 is 9.64 Å². The molecule has 0 bridgehead atoms. The van der Waals surface area contributed by atoms with Crippen molar-refractivity contribution in [2.24, 2.45) is 0 Å². The van der Waals surface area contributed by atoms with Crippen LogP contribution >= 0.6 is 28.1 Å². The standard InChI is InChI=1S/C21H21BrFNO2S/c1-12(27)24(4)20(25)19(14-5-7-17(23)16(22)10-14)13-6-8-18-15(9-13)11-21(2,3)26-18/h5-10,19H,11H2,1-4H3. The number of carbonyl (C=O) groups is 1. The Bertz CT molecular complexity index is 928. The third kappa shape index (κ3) is 4.06. The summed E-state index contributed by atoms with van der Waals surface area (Å²) in [6.45, 7) is 5.79. The minimum absolute atomic E-state index is 0.154. The molecule has 3 rings (SSSR count). The van der Waals surface area contributed by atoms with Crippen LogP contribution in [0.2, 0.25) is 0 Å². The van der Waals surface area contributed by atoms with E-state index < -0.39 is 5.92 Å². The minimum atomic E-state index is -0.584. The zero-order chi connectivity index (χ0) is 19.9. The second-order valence-corrected chi connectivity index (χ2v) is 8.87. The molecule has 1 atom stereocenters. The maximum Gasteiger partial charge on any atom is 0.239 e. The van der Waals surface area contributed by atoms with Gasteiger partial charge in [0.2, 0.25) is 5.91 Å². The number of halogens is 2. The number of hydrogen-bond donors (Lipinski definition) is 0. The van der Waals surface area contributed by atoms with E-state index in [-0.39, 0.29) is 17.3 Å². The van der Waals surface area contributed by atoms with E-state index in [4.69, 9.17) is 17.0 Å². The molecular weight excluding hydrogens is 429 g/mol. The third-order valence-electron chi connectivity index (χ3n) is 4.75. The van der Waals surface area contributed by atoms with Crippen molar-refractivity contribution in [3.63, 3.8) is 0 Å².